The summed E-state index contributed by atoms with van der Waals surface area (Å²) in [6.45, 7) is 5.78. The maximum Gasteiger partial charge on any atom is 0.191 e. The molecule has 0 bridgehead atoms. The van der Waals surface area contributed by atoms with Crippen LogP contribution < -0.4 is 10.6 Å². The number of rotatable bonds is 12. The number of aliphatic imine (C=N–C) groups is 1. The summed E-state index contributed by atoms with van der Waals surface area (Å²) in [6.07, 6.45) is 2.71. The molecule has 0 atom stereocenters. The summed E-state index contributed by atoms with van der Waals surface area (Å²) < 4.78 is 37.1. The topological polar surface area (TPSA) is 54.9 Å². The van der Waals surface area contributed by atoms with Gasteiger partial charge in [0.25, 0.3) is 0 Å². The minimum Gasteiger partial charge on any atom is -0.379 e. The third-order valence-corrected chi connectivity index (χ3v) is 3.41. The molecule has 0 aliphatic rings. The summed E-state index contributed by atoms with van der Waals surface area (Å²) in [4.78, 5) is 4.09. The summed E-state index contributed by atoms with van der Waals surface area (Å²) in [6, 6.07) is 3.53. The highest BCUT2D eigenvalue weighted by atomic mass is 19.1. The average molecular weight is 357 g/mol. The summed E-state index contributed by atoms with van der Waals surface area (Å²) in [7, 11) is 1.67. The van der Waals surface area contributed by atoms with Crippen LogP contribution in [0.2, 0.25) is 0 Å². The van der Waals surface area contributed by atoms with Crippen molar-refractivity contribution in [1.29, 1.82) is 0 Å². The molecule has 0 radical (unpaired) electrons. The normalized spacial score (nSPS) is 11.6. The van der Waals surface area contributed by atoms with Crippen LogP contribution in [0.3, 0.4) is 0 Å². The van der Waals surface area contributed by atoms with Gasteiger partial charge in [0.05, 0.1) is 19.8 Å². The first-order chi connectivity index (χ1) is 12.2. The highest BCUT2D eigenvalue weighted by Gasteiger charge is 2.02. The van der Waals surface area contributed by atoms with Crippen molar-refractivity contribution in [2.75, 3.05) is 46.6 Å². The molecule has 1 aromatic rings. The first-order valence-corrected chi connectivity index (χ1v) is 8.70. The molecule has 0 spiro atoms. The molecule has 0 saturated heterocycles. The fraction of sp³-hybridized carbons (Fsp3) is 0.611. The van der Waals surface area contributed by atoms with Crippen molar-refractivity contribution in [2.45, 2.75) is 26.2 Å². The Morgan fingerprint density at radius 3 is 2.24 bits per heavy atom. The minimum absolute atomic E-state index is 0.501. The molecule has 25 heavy (non-hydrogen) atoms. The molecule has 0 amide bonds. The lowest BCUT2D eigenvalue weighted by molar-refractivity contribution is 0.0487. The van der Waals surface area contributed by atoms with Gasteiger partial charge in [-0.1, -0.05) is 13.3 Å². The van der Waals surface area contributed by atoms with Crippen LogP contribution in [0.15, 0.2) is 23.2 Å². The maximum atomic E-state index is 13.1. The van der Waals surface area contributed by atoms with Gasteiger partial charge < -0.3 is 20.1 Å². The zero-order valence-corrected chi connectivity index (χ0v) is 15.1. The lowest BCUT2D eigenvalue weighted by atomic mass is 10.1. The van der Waals surface area contributed by atoms with E-state index < -0.39 is 11.6 Å². The van der Waals surface area contributed by atoms with Gasteiger partial charge in [0.1, 0.15) is 11.6 Å². The number of benzene rings is 1. The van der Waals surface area contributed by atoms with Crippen LogP contribution in [0.4, 0.5) is 8.78 Å². The van der Waals surface area contributed by atoms with Crippen LogP contribution >= 0.6 is 0 Å². The molecule has 0 unspecified atom stereocenters. The molecule has 0 aromatic heterocycles. The molecular weight excluding hydrogens is 328 g/mol. The molecule has 1 aromatic carbocycles. The molecule has 142 valence electrons. The zero-order chi connectivity index (χ0) is 18.3. The molecule has 0 saturated carbocycles. The van der Waals surface area contributed by atoms with Crippen LogP contribution in [0.25, 0.3) is 0 Å². The molecule has 2 N–H and O–H groups in total. The highest BCUT2D eigenvalue weighted by Crippen LogP contribution is 2.07. The fourth-order valence-corrected chi connectivity index (χ4v) is 2.11. The number of ether oxygens (including phenoxy) is 2. The lowest BCUT2D eigenvalue weighted by Crippen LogP contribution is -2.39. The van der Waals surface area contributed by atoms with Gasteiger partial charge >= 0.3 is 0 Å². The Labute approximate surface area is 148 Å². The van der Waals surface area contributed by atoms with Crippen LogP contribution in [0.1, 0.15) is 25.3 Å². The lowest BCUT2D eigenvalue weighted by Gasteiger charge is -2.12. The van der Waals surface area contributed by atoms with Gasteiger partial charge in [-0.25, -0.2) is 8.78 Å². The second-order valence-electron chi connectivity index (χ2n) is 5.53. The van der Waals surface area contributed by atoms with E-state index in [-0.39, 0.29) is 0 Å². The van der Waals surface area contributed by atoms with E-state index in [1.54, 1.807) is 7.05 Å². The third-order valence-electron chi connectivity index (χ3n) is 3.41. The van der Waals surface area contributed by atoms with Gasteiger partial charge in [0.15, 0.2) is 5.96 Å². The number of guanidine groups is 1. The molecule has 0 fully saturated rings. The van der Waals surface area contributed by atoms with Gasteiger partial charge in [-0.05, 0) is 30.5 Å². The number of hydrogen-bond donors (Lipinski definition) is 2. The molecule has 0 aliphatic heterocycles. The van der Waals surface area contributed by atoms with E-state index in [0.29, 0.717) is 50.9 Å². The van der Waals surface area contributed by atoms with E-state index >= 15 is 0 Å². The van der Waals surface area contributed by atoms with Crippen molar-refractivity contribution in [3.63, 3.8) is 0 Å². The second-order valence-corrected chi connectivity index (χ2v) is 5.53. The smallest absolute Gasteiger partial charge is 0.191 e. The van der Waals surface area contributed by atoms with Crippen molar-refractivity contribution in [3.05, 3.63) is 35.4 Å². The Hall–Kier alpha value is -1.73. The first kappa shape index (κ1) is 21.3. The van der Waals surface area contributed by atoms with Crippen molar-refractivity contribution >= 4 is 5.96 Å². The zero-order valence-electron chi connectivity index (χ0n) is 15.1. The first-order valence-electron chi connectivity index (χ1n) is 8.70. The number of hydrogen-bond acceptors (Lipinski definition) is 3. The van der Waals surface area contributed by atoms with E-state index in [2.05, 4.69) is 22.5 Å². The molecule has 7 heteroatoms. The quantitative estimate of drug-likeness (QED) is 0.343. The van der Waals surface area contributed by atoms with Gasteiger partial charge in [0, 0.05) is 32.8 Å². The Bertz CT molecular complexity index is 493. The third kappa shape index (κ3) is 10.7. The Kier molecular flexibility index (Phi) is 11.6. The van der Waals surface area contributed by atoms with Gasteiger partial charge in [0.2, 0.25) is 0 Å². The van der Waals surface area contributed by atoms with E-state index in [1.165, 1.54) is 12.1 Å². The standard InChI is InChI=1S/C18H29F2N3O2/c1-3-4-8-24-10-11-25-9-7-23-18(21-2)22-6-5-15-12-16(19)14-17(20)13-15/h12-14H,3-11H2,1-2H3,(H2,21,22,23). The van der Waals surface area contributed by atoms with Crippen LogP contribution in [0, 0.1) is 11.6 Å². The number of halogens is 2. The average Bonchev–Trinajstić information content (AvgIpc) is 2.58. The summed E-state index contributed by atoms with van der Waals surface area (Å²) in [5, 5.41) is 6.21. The highest BCUT2D eigenvalue weighted by molar-refractivity contribution is 5.79. The van der Waals surface area contributed by atoms with Crippen LogP contribution in [0.5, 0.6) is 0 Å². The van der Waals surface area contributed by atoms with Crippen molar-refractivity contribution in [2.24, 2.45) is 4.99 Å². The molecule has 0 heterocycles. The van der Waals surface area contributed by atoms with E-state index in [1.807, 2.05) is 0 Å². The minimum atomic E-state index is -0.562. The van der Waals surface area contributed by atoms with Crippen LogP contribution in [-0.4, -0.2) is 52.5 Å². The van der Waals surface area contributed by atoms with Gasteiger partial charge in [-0.2, -0.15) is 0 Å². The molecule has 1 rings (SSSR count). The monoisotopic (exact) mass is 357 g/mol. The molecule has 5 nitrogen and oxygen atoms in total. The largest absolute Gasteiger partial charge is 0.379 e. The SMILES string of the molecule is CCCCOCCOCCNC(=NC)NCCc1cc(F)cc(F)c1. The van der Waals surface area contributed by atoms with Crippen molar-refractivity contribution in [1.82, 2.24) is 10.6 Å². The Morgan fingerprint density at radius 1 is 0.960 bits per heavy atom. The van der Waals surface area contributed by atoms with Gasteiger partial charge in [-0.15, -0.1) is 0 Å². The predicted molar refractivity (Wildman–Crippen MR) is 96.0 cm³/mol. The second kappa shape index (κ2) is 13.5. The molecule has 0 aliphatic carbocycles. The predicted octanol–water partition coefficient (Wildman–Crippen LogP) is 2.51. The fourth-order valence-electron chi connectivity index (χ4n) is 2.11. The summed E-state index contributed by atoms with van der Waals surface area (Å²) in [5.41, 5.74) is 0.604. The summed E-state index contributed by atoms with van der Waals surface area (Å²) in [5.74, 6) is -0.499. The van der Waals surface area contributed by atoms with Crippen molar-refractivity contribution in [3.8, 4) is 0 Å². The Morgan fingerprint density at radius 2 is 1.60 bits per heavy atom. The number of nitrogens with one attached hydrogen (secondary N) is 2. The van der Waals surface area contributed by atoms with Gasteiger partial charge in [-0.3, -0.25) is 4.99 Å². The van der Waals surface area contributed by atoms with Crippen molar-refractivity contribution < 1.29 is 18.3 Å². The maximum absolute atomic E-state index is 13.1. The summed E-state index contributed by atoms with van der Waals surface area (Å²) >= 11 is 0. The number of unbranched alkanes of at least 4 members (excludes halogenated alkanes) is 1. The van der Waals surface area contributed by atoms with E-state index in [0.717, 1.165) is 25.5 Å². The molecular formula is C18H29F2N3O2. The Balaban J connectivity index is 2.08. The van der Waals surface area contributed by atoms with E-state index in [4.69, 9.17) is 9.47 Å². The van der Waals surface area contributed by atoms with Crippen LogP contribution in [-0.2, 0) is 15.9 Å². The number of nitrogens with zero attached hydrogens (tertiary/aromatic N) is 1. The van der Waals surface area contributed by atoms with E-state index in [9.17, 15) is 8.78 Å².